The molecule has 8 heteroatoms. The minimum atomic E-state index is -4.68. The number of nitrogens with zero attached hydrogens (tertiary/aromatic N) is 1. The first kappa shape index (κ1) is 16.8. The zero-order valence-electron chi connectivity index (χ0n) is 12.6. The summed E-state index contributed by atoms with van der Waals surface area (Å²) in [5, 5.41) is 3.47. The molecule has 1 amide bonds. The summed E-state index contributed by atoms with van der Waals surface area (Å²) in [5.74, 6) is -0.203. The number of anilines is 1. The quantitative estimate of drug-likeness (QED) is 0.829. The first-order valence-corrected chi connectivity index (χ1v) is 8.13. The van der Waals surface area contributed by atoms with Crippen molar-refractivity contribution in [1.82, 2.24) is 4.90 Å². The molecule has 1 aromatic heterocycles. The van der Waals surface area contributed by atoms with E-state index in [1.165, 1.54) is 17.0 Å². The van der Waals surface area contributed by atoms with Crippen molar-refractivity contribution in [3.8, 4) is 5.75 Å². The van der Waals surface area contributed by atoms with E-state index in [0.29, 0.717) is 19.5 Å². The molecule has 0 aliphatic carbocycles. The number of halogens is 3. The Bertz CT molecular complexity index is 730. The summed E-state index contributed by atoms with van der Waals surface area (Å²) >= 11 is 1.56. The molecule has 0 bridgehead atoms. The van der Waals surface area contributed by atoms with Crippen molar-refractivity contribution in [3.63, 3.8) is 0 Å². The molecule has 4 nitrogen and oxygen atoms in total. The highest BCUT2D eigenvalue weighted by Gasteiger charge is 2.31. The molecule has 0 fully saturated rings. The molecule has 128 valence electrons. The van der Waals surface area contributed by atoms with E-state index < -0.39 is 6.36 Å². The second-order valence-electron chi connectivity index (χ2n) is 5.48. The van der Waals surface area contributed by atoms with Crippen LogP contribution in [0.15, 0.2) is 30.3 Å². The lowest BCUT2D eigenvalue weighted by molar-refractivity contribution is -0.274. The van der Waals surface area contributed by atoms with Crippen LogP contribution in [0.5, 0.6) is 5.75 Å². The summed E-state index contributed by atoms with van der Waals surface area (Å²) in [5.41, 5.74) is 1.92. The second-order valence-corrected chi connectivity index (χ2v) is 6.61. The number of nitrogens with one attached hydrogen (secondary N) is 1. The van der Waals surface area contributed by atoms with Crippen molar-refractivity contribution in [1.29, 1.82) is 0 Å². The molecule has 0 unspecified atom stereocenters. The van der Waals surface area contributed by atoms with Crippen LogP contribution in [0.25, 0.3) is 0 Å². The van der Waals surface area contributed by atoms with Crippen molar-refractivity contribution < 1.29 is 22.7 Å². The van der Waals surface area contributed by atoms with Crippen LogP contribution in [0, 0.1) is 0 Å². The van der Waals surface area contributed by atoms with E-state index in [1.54, 1.807) is 23.5 Å². The van der Waals surface area contributed by atoms with Gasteiger partial charge in [-0.3, -0.25) is 9.69 Å². The molecule has 2 aromatic rings. The minimum absolute atomic E-state index is 0.203. The Balaban J connectivity index is 1.66. The van der Waals surface area contributed by atoms with Crippen LogP contribution in [0.2, 0.25) is 0 Å². The molecule has 1 N–H and O–H groups in total. The second kappa shape index (κ2) is 6.82. The number of rotatable bonds is 5. The first-order chi connectivity index (χ1) is 11.4. The number of amides is 1. The van der Waals surface area contributed by atoms with Crippen LogP contribution in [0.4, 0.5) is 18.2 Å². The number of ether oxygens (including phenoxy) is 1. The molecule has 0 saturated heterocycles. The molecular weight excluding hydrogens is 341 g/mol. The highest BCUT2D eigenvalue weighted by molar-refractivity contribution is 7.16. The number of carbonyl (C=O) groups excluding carboxylic acids is 1. The zero-order chi connectivity index (χ0) is 17.2. The van der Waals surface area contributed by atoms with Crippen molar-refractivity contribution in [2.45, 2.75) is 25.9 Å². The van der Waals surface area contributed by atoms with Crippen molar-refractivity contribution >= 4 is 22.7 Å². The van der Waals surface area contributed by atoms with Crippen molar-refractivity contribution in [2.24, 2.45) is 0 Å². The molecule has 1 aliphatic rings. The molecule has 3 rings (SSSR count). The number of alkyl halides is 3. The molecule has 0 saturated carbocycles. The lowest BCUT2D eigenvalue weighted by Gasteiger charge is -2.26. The summed E-state index contributed by atoms with van der Waals surface area (Å²) in [7, 11) is 0. The van der Waals surface area contributed by atoms with Crippen molar-refractivity contribution in [2.75, 3.05) is 11.9 Å². The molecule has 1 aromatic carbocycles. The molecule has 2 heterocycles. The van der Waals surface area contributed by atoms with Crippen LogP contribution in [0.3, 0.4) is 0 Å². The SMILES string of the molecule is O=CNc1cc2c(s1)CCN(Cc1cccc(OC(F)(F)F)c1)C2. The van der Waals surface area contributed by atoms with Crippen LogP contribution in [0.1, 0.15) is 16.0 Å². The molecule has 0 spiro atoms. The molecule has 24 heavy (non-hydrogen) atoms. The highest BCUT2D eigenvalue weighted by atomic mass is 32.1. The van der Waals surface area contributed by atoms with Gasteiger partial charge < -0.3 is 10.1 Å². The maximum atomic E-state index is 12.3. The van der Waals surface area contributed by atoms with Gasteiger partial charge in [0.1, 0.15) is 5.75 Å². The van der Waals surface area contributed by atoms with Crippen molar-refractivity contribution in [3.05, 3.63) is 46.3 Å². The number of thiophene rings is 1. The van der Waals surface area contributed by atoms with E-state index in [2.05, 4.69) is 15.0 Å². The predicted molar refractivity (Wildman–Crippen MR) is 84.9 cm³/mol. The summed E-state index contributed by atoms with van der Waals surface area (Å²) < 4.78 is 40.9. The Morgan fingerprint density at radius 2 is 2.17 bits per heavy atom. The Morgan fingerprint density at radius 3 is 2.92 bits per heavy atom. The van der Waals surface area contributed by atoms with Gasteiger partial charge in [-0.05, 0) is 35.7 Å². The van der Waals surface area contributed by atoms with Gasteiger partial charge in [0, 0.05) is 24.5 Å². The van der Waals surface area contributed by atoms with Crippen LogP contribution >= 0.6 is 11.3 Å². The average molecular weight is 356 g/mol. The van der Waals surface area contributed by atoms with Gasteiger partial charge in [-0.1, -0.05) is 12.1 Å². The maximum Gasteiger partial charge on any atom is 0.573 e. The standard InChI is InChI=1S/C16H15F3N2O2S/c17-16(18,19)23-13-3-1-2-11(6-13)8-21-5-4-14-12(9-21)7-15(24-14)20-10-22/h1-3,6-7,10H,4-5,8-9H2,(H,20,22). The topological polar surface area (TPSA) is 41.6 Å². The number of carbonyl (C=O) groups is 1. The van der Waals surface area contributed by atoms with E-state index >= 15 is 0 Å². The van der Waals surface area contributed by atoms with Gasteiger partial charge in [-0.15, -0.1) is 24.5 Å². The van der Waals surface area contributed by atoms with Crippen LogP contribution in [-0.4, -0.2) is 24.2 Å². The molecule has 1 aliphatic heterocycles. The zero-order valence-corrected chi connectivity index (χ0v) is 13.4. The third kappa shape index (κ3) is 4.27. The first-order valence-electron chi connectivity index (χ1n) is 7.32. The fraction of sp³-hybridized carbons (Fsp3) is 0.312. The van der Waals surface area contributed by atoms with E-state index in [4.69, 9.17) is 0 Å². The predicted octanol–water partition coefficient (Wildman–Crippen LogP) is 3.77. The number of hydrogen-bond acceptors (Lipinski definition) is 4. The van der Waals surface area contributed by atoms with Gasteiger partial charge >= 0.3 is 6.36 Å². The summed E-state index contributed by atoms with van der Waals surface area (Å²) in [6, 6.07) is 8.00. The fourth-order valence-corrected chi connectivity index (χ4v) is 3.78. The molecule has 0 radical (unpaired) electrons. The highest BCUT2D eigenvalue weighted by Crippen LogP contribution is 2.32. The maximum absolute atomic E-state index is 12.3. The van der Waals surface area contributed by atoms with Gasteiger partial charge in [0.05, 0.1) is 5.00 Å². The largest absolute Gasteiger partial charge is 0.573 e. The Hall–Kier alpha value is -2.06. The van der Waals surface area contributed by atoms with Crippen LogP contribution < -0.4 is 10.1 Å². The molecular formula is C16H15F3N2O2S. The normalized spacial score (nSPS) is 15.0. The van der Waals surface area contributed by atoms with Gasteiger partial charge in [0.2, 0.25) is 6.41 Å². The monoisotopic (exact) mass is 356 g/mol. The smallest absolute Gasteiger partial charge is 0.406 e. The average Bonchev–Trinajstić information content (AvgIpc) is 2.88. The lowest BCUT2D eigenvalue weighted by atomic mass is 10.1. The number of fused-ring (bicyclic) bond motifs is 1. The number of hydrogen-bond donors (Lipinski definition) is 1. The summed E-state index contributed by atoms with van der Waals surface area (Å²) in [6.45, 7) is 2.07. The van der Waals surface area contributed by atoms with E-state index in [1.807, 2.05) is 6.07 Å². The molecule has 0 atom stereocenters. The Morgan fingerprint density at radius 1 is 1.33 bits per heavy atom. The Labute approximate surface area is 140 Å². The fourth-order valence-electron chi connectivity index (χ4n) is 2.75. The lowest BCUT2D eigenvalue weighted by Crippen LogP contribution is -2.29. The van der Waals surface area contributed by atoms with Gasteiger partial charge in [-0.2, -0.15) is 0 Å². The van der Waals surface area contributed by atoms with Gasteiger partial charge in [-0.25, -0.2) is 0 Å². The van der Waals surface area contributed by atoms with Gasteiger partial charge in [0.25, 0.3) is 0 Å². The Kier molecular flexibility index (Phi) is 4.77. The summed E-state index contributed by atoms with van der Waals surface area (Å²) in [4.78, 5) is 13.9. The van der Waals surface area contributed by atoms with E-state index in [9.17, 15) is 18.0 Å². The van der Waals surface area contributed by atoms with Crippen LogP contribution in [-0.2, 0) is 24.3 Å². The number of benzene rings is 1. The van der Waals surface area contributed by atoms with E-state index in [0.717, 1.165) is 29.1 Å². The summed E-state index contributed by atoms with van der Waals surface area (Å²) in [6.07, 6.45) is -3.17. The minimum Gasteiger partial charge on any atom is -0.406 e. The van der Waals surface area contributed by atoms with E-state index in [-0.39, 0.29) is 5.75 Å². The third-order valence-corrected chi connectivity index (χ3v) is 4.85. The van der Waals surface area contributed by atoms with Gasteiger partial charge in [0.15, 0.2) is 0 Å². The third-order valence-electron chi connectivity index (χ3n) is 3.69.